The van der Waals surface area contributed by atoms with Crippen LogP contribution in [0.4, 0.5) is 5.69 Å². The highest BCUT2D eigenvalue weighted by Gasteiger charge is 2.40. The molecule has 0 saturated heterocycles. The maximum Gasteiger partial charge on any atom is 0.277 e. The molecule has 0 bridgehead atoms. The van der Waals surface area contributed by atoms with E-state index in [1.165, 1.54) is 14.2 Å². The summed E-state index contributed by atoms with van der Waals surface area (Å²) in [5, 5.41) is -0.0864. The zero-order valence-electron chi connectivity index (χ0n) is 14.9. The Morgan fingerprint density at radius 1 is 0.885 bits per heavy atom. The molecule has 1 heterocycles. The van der Waals surface area contributed by atoms with Crippen LogP contribution in [0.15, 0.2) is 41.4 Å². The molecule has 1 aliphatic rings. The first-order valence-electron chi connectivity index (χ1n) is 7.97. The lowest BCUT2D eigenvalue weighted by atomic mass is 9.99. The molecule has 0 aliphatic carbocycles. The number of aryl methyl sites for hydroxylation is 2. The molecule has 2 amide bonds. The molecule has 0 spiro atoms. The Morgan fingerprint density at radius 3 is 2.19 bits per heavy atom. The molecular weight excluding hydrogens is 354 g/mol. The smallest absolute Gasteiger partial charge is 0.277 e. The average Bonchev–Trinajstić information content (AvgIpc) is 2.84. The number of methoxy groups -OCH3 is 2. The highest BCUT2D eigenvalue weighted by atomic mass is 35.5. The van der Waals surface area contributed by atoms with Crippen molar-refractivity contribution in [3.05, 3.63) is 58.1 Å². The Labute approximate surface area is 156 Å². The van der Waals surface area contributed by atoms with Crippen LogP contribution >= 0.6 is 11.6 Å². The zero-order chi connectivity index (χ0) is 19.0. The second-order valence-corrected chi connectivity index (χ2v) is 6.37. The largest absolute Gasteiger partial charge is 0.493 e. The summed E-state index contributed by atoms with van der Waals surface area (Å²) in [6, 6.07) is 10.5. The van der Waals surface area contributed by atoms with Crippen molar-refractivity contribution >= 4 is 34.7 Å². The van der Waals surface area contributed by atoms with E-state index in [9.17, 15) is 9.59 Å². The van der Waals surface area contributed by atoms with Crippen molar-refractivity contribution < 1.29 is 19.1 Å². The van der Waals surface area contributed by atoms with Crippen LogP contribution in [0.3, 0.4) is 0 Å². The molecule has 0 radical (unpaired) electrons. The van der Waals surface area contributed by atoms with Crippen molar-refractivity contribution in [1.29, 1.82) is 0 Å². The fourth-order valence-corrected chi connectivity index (χ4v) is 3.30. The number of ether oxygens (including phenoxy) is 2. The van der Waals surface area contributed by atoms with Gasteiger partial charge in [0.25, 0.3) is 11.8 Å². The van der Waals surface area contributed by atoms with Crippen LogP contribution in [0.2, 0.25) is 0 Å². The van der Waals surface area contributed by atoms with Crippen LogP contribution in [-0.2, 0) is 9.59 Å². The topological polar surface area (TPSA) is 55.8 Å². The summed E-state index contributed by atoms with van der Waals surface area (Å²) in [5.74, 6) is -0.0938. The quantitative estimate of drug-likeness (QED) is 0.766. The predicted octanol–water partition coefficient (Wildman–Crippen LogP) is 3.84. The Hall–Kier alpha value is -2.79. The number of nitrogens with zero attached hydrogens (tertiary/aromatic N) is 1. The summed E-state index contributed by atoms with van der Waals surface area (Å²) in [7, 11) is 3.00. The summed E-state index contributed by atoms with van der Waals surface area (Å²) in [5.41, 5.74) is 3.19. The number of carbonyl (C=O) groups excluding carboxylic acids is 2. The van der Waals surface area contributed by atoms with Gasteiger partial charge < -0.3 is 9.47 Å². The second-order valence-electron chi connectivity index (χ2n) is 5.99. The van der Waals surface area contributed by atoms with Crippen LogP contribution in [0, 0.1) is 13.8 Å². The van der Waals surface area contributed by atoms with Gasteiger partial charge in [-0.2, -0.15) is 0 Å². The van der Waals surface area contributed by atoms with E-state index >= 15 is 0 Å². The maximum absolute atomic E-state index is 13.0. The fraction of sp³-hybridized carbons (Fsp3) is 0.200. The maximum atomic E-state index is 13.0. The van der Waals surface area contributed by atoms with E-state index in [-0.39, 0.29) is 10.6 Å². The molecule has 26 heavy (non-hydrogen) atoms. The summed E-state index contributed by atoms with van der Waals surface area (Å²) in [6.07, 6.45) is 0. The van der Waals surface area contributed by atoms with Gasteiger partial charge >= 0.3 is 0 Å². The Morgan fingerprint density at radius 2 is 1.58 bits per heavy atom. The Balaban J connectivity index is 2.06. The van der Waals surface area contributed by atoms with Crippen molar-refractivity contribution in [2.75, 3.05) is 19.1 Å². The lowest BCUT2D eigenvalue weighted by molar-refractivity contribution is -0.119. The number of rotatable bonds is 4. The zero-order valence-corrected chi connectivity index (χ0v) is 15.7. The van der Waals surface area contributed by atoms with Crippen molar-refractivity contribution in [2.24, 2.45) is 0 Å². The fourth-order valence-electron chi connectivity index (χ4n) is 3.03. The number of hydrogen-bond acceptors (Lipinski definition) is 4. The molecule has 6 heteroatoms. The lowest BCUT2D eigenvalue weighted by Crippen LogP contribution is -2.31. The van der Waals surface area contributed by atoms with Gasteiger partial charge in [-0.05, 0) is 37.1 Å². The van der Waals surface area contributed by atoms with E-state index in [0.29, 0.717) is 22.7 Å². The van der Waals surface area contributed by atoms with E-state index < -0.39 is 11.8 Å². The Bertz CT molecular complexity index is 949. The minimum Gasteiger partial charge on any atom is -0.493 e. The number of imide groups is 1. The van der Waals surface area contributed by atoms with Crippen LogP contribution in [-0.4, -0.2) is 26.0 Å². The van der Waals surface area contributed by atoms with Gasteiger partial charge in [-0.15, -0.1) is 0 Å². The van der Waals surface area contributed by atoms with Crippen LogP contribution in [0.25, 0.3) is 5.57 Å². The van der Waals surface area contributed by atoms with Gasteiger partial charge in [0.05, 0.1) is 25.5 Å². The molecule has 0 atom stereocenters. The molecule has 2 aromatic carbocycles. The third-order valence-electron chi connectivity index (χ3n) is 4.30. The minimum absolute atomic E-state index is 0.0864. The predicted molar refractivity (Wildman–Crippen MR) is 101 cm³/mol. The molecular formula is C20H18ClNO4. The van der Waals surface area contributed by atoms with Gasteiger partial charge in [0.15, 0.2) is 11.5 Å². The second kappa shape index (κ2) is 6.84. The number of halogens is 1. The molecule has 1 aliphatic heterocycles. The van der Waals surface area contributed by atoms with E-state index in [4.69, 9.17) is 21.1 Å². The lowest BCUT2D eigenvalue weighted by Gasteiger charge is -2.17. The molecule has 0 aromatic heterocycles. The third-order valence-corrected chi connectivity index (χ3v) is 4.65. The molecule has 0 N–H and O–H groups in total. The summed E-state index contributed by atoms with van der Waals surface area (Å²) >= 11 is 6.26. The molecule has 134 valence electrons. The molecule has 2 aromatic rings. The van der Waals surface area contributed by atoms with E-state index in [1.54, 1.807) is 18.2 Å². The van der Waals surface area contributed by atoms with Crippen LogP contribution in [0.1, 0.15) is 16.7 Å². The molecule has 0 unspecified atom stereocenters. The Kier molecular flexibility index (Phi) is 4.74. The summed E-state index contributed by atoms with van der Waals surface area (Å²) in [4.78, 5) is 26.7. The monoisotopic (exact) mass is 371 g/mol. The molecule has 3 rings (SSSR count). The van der Waals surface area contributed by atoms with E-state index in [2.05, 4.69) is 0 Å². The SMILES string of the molecule is COc1ccc(N2C(=O)C(Cl)=C(c3ccc(C)cc3C)C2=O)cc1OC. The highest BCUT2D eigenvalue weighted by molar-refractivity contribution is 6.60. The molecule has 0 saturated carbocycles. The van der Waals surface area contributed by atoms with Gasteiger partial charge in [0.1, 0.15) is 5.03 Å². The van der Waals surface area contributed by atoms with Gasteiger partial charge in [-0.1, -0.05) is 35.4 Å². The number of anilines is 1. The van der Waals surface area contributed by atoms with Crippen molar-refractivity contribution in [3.8, 4) is 11.5 Å². The average molecular weight is 372 g/mol. The number of amides is 2. The van der Waals surface area contributed by atoms with Crippen molar-refractivity contribution in [3.63, 3.8) is 0 Å². The minimum atomic E-state index is -0.557. The van der Waals surface area contributed by atoms with Gasteiger partial charge in [-0.25, -0.2) is 4.90 Å². The third kappa shape index (κ3) is 2.84. The van der Waals surface area contributed by atoms with Crippen molar-refractivity contribution in [2.45, 2.75) is 13.8 Å². The van der Waals surface area contributed by atoms with Gasteiger partial charge in [0, 0.05) is 6.07 Å². The van der Waals surface area contributed by atoms with E-state index in [1.807, 2.05) is 32.0 Å². The van der Waals surface area contributed by atoms with Crippen LogP contribution in [0.5, 0.6) is 11.5 Å². The summed E-state index contributed by atoms with van der Waals surface area (Å²) in [6.45, 7) is 3.85. The van der Waals surface area contributed by atoms with Crippen LogP contribution < -0.4 is 14.4 Å². The summed E-state index contributed by atoms with van der Waals surface area (Å²) < 4.78 is 10.5. The number of hydrogen-bond donors (Lipinski definition) is 0. The highest BCUT2D eigenvalue weighted by Crippen LogP contribution is 2.39. The number of carbonyl (C=O) groups is 2. The normalized spacial score (nSPS) is 14.3. The first kappa shape index (κ1) is 18.0. The first-order chi connectivity index (χ1) is 12.4. The van der Waals surface area contributed by atoms with Gasteiger partial charge in [0.2, 0.25) is 0 Å². The molecule has 0 fully saturated rings. The van der Waals surface area contributed by atoms with E-state index in [0.717, 1.165) is 16.0 Å². The first-order valence-corrected chi connectivity index (χ1v) is 8.35. The van der Waals surface area contributed by atoms with Gasteiger partial charge in [-0.3, -0.25) is 9.59 Å². The standard InChI is InChI=1S/C20H18ClNO4/c1-11-5-7-14(12(2)9-11)17-18(21)20(24)22(19(17)23)13-6-8-15(25-3)16(10-13)26-4/h5-10H,1-4H3. The molecule has 5 nitrogen and oxygen atoms in total. The number of benzene rings is 2. The van der Waals surface area contributed by atoms with Crippen molar-refractivity contribution in [1.82, 2.24) is 0 Å².